The summed E-state index contributed by atoms with van der Waals surface area (Å²) in [6, 6.07) is 6.79. The van der Waals surface area contributed by atoms with E-state index in [-0.39, 0.29) is 27.6 Å². The van der Waals surface area contributed by atoms with Crippen molar-refractivity contribution < 1.29 is 28.4 Å². The molecule has 2 aromatic carbocycles. The van der Waals surface area contributed by atoms with Crippen LogP contribution in [0.15, 0.2) is 36.4 Å². The fraction of sp³-hybridized carbons (Fsp3) is 0.125. The summed E-state index contributed by atoms with van der Waals surface area (Å²) in [6.07, 6.45) is 0. The molecule has 0 saturated carbocycles. The van der Waals surface area contributed by atoms with E-state index >= 15 is 0 Å². The second-order valence-electron chi connectivity index (χ2n) is 4.77. The van der Waals surface area contributed by atoms with Crippen LogP contribution in [0.25, 0.3) is 0 Å². The summed E-state index contributed by atoms with van der Waals surface area (Å²) in [5.41, 5.74) is -0.610. The molecule has 0 bridgehead atoms. The minimum atomic E-state index is -1.00. The number of nitrogens with zero attached hydrogens (tertiary/aromatic N) is 1. The summed E-state index contributed by atoms with van der Waals surface area (Å²) in [7, 11) is 1.28. The molecule has 0 amide bonds. The zero-order valence-corrected chi connectivity index (χ0v) is 13.6. The molecule has 2 aromatic rings. The van der Waals surface area contributed by atoms with Crippen molar-refractivity contribution in [1.29, 1.82) is 0 Å². The smallest absolute Gasteiger partial charge is 0.340 e. The van der Waals surface area contributed by atoms with Gasteiger partial charge < -0.3 is 9.47 Å². The number of carbonyl (C=O) groups excluding carboxylic acids is 2. The Bertz CT molecular complexity index is 855. The van der Waals surface area contributed by atoms with Crippen LogP contribution in [0.5, 0.6) is 5.75 Å². The van der Waals surface area contributed by atoms with Gasteiger partial charge in [0.1, 0.15) is 0 Å². The van der Waals surface area contributed by atoms with Crippen LogP contribution < -0.4 is 4.74 Å². The van der Waals surface area contributed by atoms with Gasteiger partial charge in [0.15, 0.2) is 24.0 Å². The van der Waals surface area contributed by atoms with Gasteiger partial charge in [0.25, 0.3) is 5.69 Å². The third-order valence-electron chi connectivity index (χ3n) is 3.19. The van der Waals surface area contributed by atoms with Crippen LogP contribution in [0, 0.1) is 15.9 Å². The van der Waals surface area contributed by atoms with Gasteiger partial charge in [0.2, 0.25) is 0 Å². The maximum atomic E-state index is 13.6. The number of ether oxygens (including phenoxy) is 2. The standard InChI is InChI=1S/C16H11ClFNO6/c1-24-15-5-2-9(6-13(15)18)14(20)8-25-16(21)11-7-10(19(22)23)3-4-12(11)17/h2-7H,8H2,1H3. The lowest BCUT2D eigenvalue weighted by Crippen LogP contribution is -2.15. The molecule has 0 unspecified atom stereocenters. The van der Waals surface area contributed by atoms with Crippen molar-refractivity contribution in [1.82, 2.24) is 0 Å². The van der Waals surface area contributed by atoms with Crippen molar-refractivity contribution in [3.8, 4) is 5.75 Å². The third-order valence-corrected chi connectivity index (χ3v) is 3.52. The minimum Gasteiger partial charge on any atom is -0.494 e. The van der Waals surface area contributed by atoms with Gasteiger partial charge in [-0.1, -0.05) is 11.6 Å². The van der Waals surface area contributed by atoms with Crippen molar-refractivity contribution in [3.05, 3.63) is 68.5 Å². The molecule has 0 atom stereocenters. The maximum absolute atomic E-state index is 13.6. The number of nitro benzene ring substituents is 1. The number of non-ortho nitro benzene ring substituents is 1. The van der Waals surface area contributed by atoms with Crippen LogP contribution in [0.2, 0.25) is 5.02 Å². The molecule has 0 aliphatic heterocycles. The molecule has 0 N–H and O–H groups in total. The highest BCUT2D eigenvalue weighted by molar-refractivity contribution is 6.33. The molecular weight excluding hydrogens is 357 g/mol. The Morgan fingerprint density at radius 3 is 2.56 bits per heavy atom. The Hall–Kier alpha value is -3.00. The summed E-state index contributed by atoms with van der Waals surface area (Å²) in [4.78, 5) is 34.0. The van der Waals surface area contributed by atoms with Crippen LogP contribution in [0.3, 0.4) is 0 Å². The van der Waals surface area contributed by atoms with Gasteiger partial charge in [-0.15, -0.1) is 0 Å². The molecule has 0 heterocycles. The van der Waals surface area contributed by atoms with Gasteiger partial charge in [-0.05, 0) is 24.3 Å². The number of hydrogen-bond acceptors (Lipinski definition) is 6. The SMILES string of the molecule is COc1ccc(C(=O)COC(=O)c2cc([N+](=O)[O-])ccc2Cl)cc1F. The van der Waals surface area contributed by atoms with E-state index in [9.17, 15) is 24.1 Å². The van der Waals surface area contributed by atoms with Gasteiger partial charge in [-0.2, -0.15) is 0 Å². The molecule has 2 rings (SSSR count). The van der Waals surface area contributed by atoms with Crippen molar-refractivity contribution in [2.24, 2.45) is 0 Å². The van der Waals surface area contributed by atoms with Crippen molar-refractivity contribution in [2.75, 3.05) is 13.7 Å². The fourth-order valence-electron chi connectivity index (χ4n) is 1.92. The number of esters is 1. The topological polar surface area (TPSA) is 95.7 Å². The Balaban J connectivity index is 2.09. The summed E-state index contributed by atoms with van der Waals surface area (Å²) < 4.78 is 23.1. The first-order chi connectivity index (χ1) is 11.8. The van der Waals surface area contributed by atoms with Crippen molar-refractivity contribution in [3.63, 3.8) is 0 Å². The minimum absolute atomic E-state index is 0.0174. The fourth-order valence-corrected chi connectivity index (χ4v) is 2.11. The largest absolute Gasteiger partial charge is 0.494 e. The van der Waals surface area contributed by atoms with E-state index in [0.29, 0.717) is 0 Å². The molecule has 0 aromatic heterocycles. The normalized spacial score (nSPS) is 10.2. The number of carbonyl (C=O) groups is 2. The summed E-state index contributed by atoms with van der Waals surface area (Å²) in [5, 5.41) is 10.7. The quantitative estimate of drug-likeness (QED) is 0.336. The zero-order valence-electron chi connectivity index (χ0n) is 12.8. The monoisotopic (exact) mass is 367 g/mol. The van der Waals surface area contributed by atoms with E-state index < -0.39 is 29.1 Å². The Kier molecular flexibility index (Phi) is 5.66. The highest BCUT2D eigenvalue weighted by Crippen LogP contribution is 2.23. The second kappa shape index (κ2) is 7.71. The maximum Gasteiger partial charge on any atom is 0.340 e. The number of hydrogen-bond donors (Lipinski definition) is 0. The average Bonchev–Trinajstić information content (AvgIpc) is 2.59. The first kappa shape index (κ1) is 18.3. The van der Waals surface area contributed by atoms with Crippen LogP contribution in [-0.2, 0) is 4.74 Å². The summed E-state index contributed by atoms with van der Waals surface area (Å²) in [5.74, 6) is -2.43. The summed E-state index contributed by atoms with van der Waals surface area (Å²) in [6.45, 7) is -0.677. The van der Waals surface area contributed by atoms with Crippen LogP contribution in [-0.4, -0.2) is 30.4 Å². The lowest BCUT2D eigenvalue weighted by molar-refractivity contribution is -0.384. The first-order valence-corrected chi connectivity index (χ1v) is 7.19. The van der Waals surface area contributed by atoms with E-state index in [1.165, 1.54) is 25.3 Å². The predicted molar refractivity (Wildman–Crippen MR) is 85.7 cm³/mol. The van der Waals surface area contributed by atoms with Crippen molar-refractivity contribution >= 4 is 29.0 Å². The molecule has 0 aliphatic carbocycles. The number of methoxy groups -OCH3 is 1. The van der Waals surface area contributed by atoms with E-state index in [1.54, 1.807) is 0 Å². The molecule has 25 heavy (non-hydrogen) atoms. The molecule has 7 nitrogen and oxygen atoms in total. The van der Waals surface area contributed by atoms with Gasteiger partial charge in [-0.25, -0.2) is 9.18 Å². The number of rotatable bonds is 6. The van der Waals surface area contributed by atoms with Crippen LogP contribution in [0.1, 0.15) is 20.7 Å². The molecule has 0 radical (unpaired) electrons. The number of Topliss-reactive ketones (excluding diaryl/α,β-unsaturated/α-hetero) is 1. The molecule has 0 saturated heterocycles. The number of halogens is 2. The van der Waals surface area contributed by atoms with E-state index in [1.807, 2.05) is 0 Å². The average molecular weight is 368 g/mol. The van der Waals surface area contributed by atoms with Gasteiger partial charge in [-0.3, -0.25) is 14.9 Å². The van der Waals surface area contributed by atoms with E-state index in [0.717, 1.165) is 18.2 Å². The Morgan fingerprint density at radius 1 is 1.24 bits per heavy atom. The highest BCUT2D eigenvalue weighted by atomic mass is 35.5. The number of ketones is 1. The Morgan fingerprint density at radius 2 is 1.96 bits per heavy atom. The molecule has 9 heteroatoms. The molecular formula is C16H11ClFNO6. The molecule has 0 aliphatic rings. The molecule has 0 spiro atoms. The predicted octanol–water partition coefficient (Wildman–Crippen LogP) is 3.44. The molecule has 0 fully saturated rings. The lowest BCUT2D eigenvalue weighted by Gasteiger charge is -2.07. The number of benzene rings is 2. The van der Waals surface area contributed by atoms with Crippen molar-refractivity contribution in [2.45, 2.75) is 0 Å². The van der Waals surface area contributed by atoms with Gasteiger partial charge in [0.05, 0.1) is 22.6 Å². The zero-order chi connectivity index (χ0) is 18.6. The first-order valence-electron chi connectivity index (χ1n) is 6.81. The van der Waals surface area contributed by atoms with Crippen LogP contribution in [0.4, 0.5) is 10.1 Å². The highest BCUT2D eigenvalue weighted by Gasteiger charge is 2.19. The second-order valence-corrected chi connectivity index (χ2v) is 5.18. The number of nitro groups is 1. The van der Waals surface area contributed by atoms with Gasteiger partial charge >= 0.3 is 5.97 Å². The van der Waals surface area contributed by atoms with Gasteiger partial charge in [0, 0.05) is 17.7 Å². The van der Waals surface area contributed by atoms with Crippen LogP contribution >= 0.6 is 11.6 Å². The molecule has 130 valence electrons. The van der Waals surface area contributed by atoms with E-state index in [4.69, 9.17) is 21.1 Å². The Labute approximate surface area is 146 Å². The third kappa shape index (κ3) is 4.30. The lowest BCUT2D eigenvalue weighted by atomic mass is 10.1. The summed E-state index contributed by atoms with van der Waals surface area (Å²) >= 11 is 5.81. The van der Waals surface area contributed by atoms with E-state index in [2.05, 4.69) is 0 Å².